The Labute approximate surface area is 115 Å². The van der Waals surface area contributed by atoms with Crippen LogP contribution in [0.2, 0.25) is 0 Å². The molecule has 0 amide bonds. The molecule has 0 aromatic heterocycles. The quantitative estimate of drug-likeness (QED) is 0.884. The van der Waals surface area contributed by atoms with Crippen molar-refractivity contribution in [2.75, 3.05) is 20.2 Å². The fourth-order valence-corrected chi connectivity index (χ4v) is 2.72. The Morgan fingerprint density at radius 3 is 2.58 bits per heavy atom. The van der Waals surface area contributed by atoms with Crippen molar-refractivity contribution < 1.29 is 9.47 Å². The van der Waals surface area contributed by atoms with E-state index in [1.54, 1.807) is 7.11 Å². The Bertz CT molecular complexity index is 423. The first kappa shape index (κ1) is 12.8. The van der Waals surface area contributed by atoms with E-state index >= 15 is 0 Å². The number of ether oxygens (including phenoxy) is 2. The van der Waals surface area contributed by atoms with Crippen molar-refractivity contribution in [1.29, 1.82) is 0 Å². The zero-order chi connectivity index (χ0) is 13.1. The SMILES string of the molecule is COc1cc(CC2CCNCC2)ccc1OC1CC1. The third kappa shape index (κ3) is 3.41. The number of rotatable bonds is 5. The highest BCUT2D eigenvalue weighted by Crippen LogP contribution is 2.34. The minimum absolute atomic E-state index is 0.421. The van der Waals surface area contributed by atoms with Gasteiger partial charge in [0, 0.05) is 0 Å². The highest BCUT2D eigenvalue weighted by atomic mass is 16.5. The molecule has 1 aromatic carbocycles. The third-order valence-corrected chi connectivity index (χ3v) is 4.03. The monoisotopic (exact) mass is 261 g/mol. The average Bonchev–Trinajstić information content (AvgIpc) is 3.26. The number of piperidine rings is 1. The predicted molar refractivity (Wildman–Crippen MR) is 75.9 cm³/mol. The Kier molecular flexibility index (Phi) is 3.92. The molecule has 3 heteroatoms. The number of methoxy groups -OCH3 is 1. The zero-order valence-electron chi connectivity index (χ0n) is 11.7. The van der Waals surface area contributed by atoms with Gasteiger partial charge in [-0.3, -0.25) is 0 Å². The van der Waals surface area contributed by atoms with E-state index < -0.39 is 0 Å². The van der Waals surface area contributed by atoms with E-state index in [1.165, 1.54) is 31.2 Å². The van der Waals surface area contributed by atoms with Crippen LogP contribution in [0.1, 0.15) is 31.2 Å². The Hall–Kier alpha value is -1.22. The van der Waals surface area contributed by atoms with Crippen LogP contribution < -0.4 is 14.8 Å². The zero-order valence-corrected chi connectivity index (χ0v) is 11.7. The average molecular weight is 261 g/mol. The van der Waals surface area contributed by atoms with Crippen LogP contribution in [0, 0.1) is 5.92 Å². The first-order valence-corrected chi connectivity index (χ1v) is 7.39. The van der Waals surface area contributed by atoms with Crippen LogP contribution in [0.5, 0.6) is 11.5 Å². The second-order valence-electron chi connectivity index (χ2n) is 5.70. The topological polar surface area (TPSA) is 30.5 Å². The van der Waals surface area contributed by atoms with Crippen molar-refractivity contribution >= 4 is 0 Å². The standard InChI is InChI=1S/C16H23NO2/c1-18-16-11-13(10-12-6-8-17-9-7-12)2-5-15(16)19-14-3-4-14/h2,5,11-12,14,17H,3-4,6-10H2,1H3. The molecule has 19 heavy (non-hydrogen) atoms. The summed E-state index contributed by atoms with van der Waals surface area (Å²) in [6.45, 7) is 2.31. The lowest BCUT2D eigenvalue weighted by Crippen LogP contribution is -2.28. The maximum absolute atomic E-state index is 5.86. The highest BCUT2D eigenvalue weighted by molar-refractivity contribution is 5.43. The number of nitrogens with one attached hydrogen (secondary N) is 1. The molecule has 0 radical (unpaired) electrons. The summed E-state index contributed by atoms with van der Waals surface area (Å²) in [6.07, 6.45) is 6.50. The lowest BCUT2D eigenvalue weighted by Gasteiger charge is -2.23. The molecule has 3 rings (SSSR count). The molecule has 0 unspecified atom stereocenters. The first-order valence-electron chi connectivity index (χ1n) is 7.39. The van der Waals surface area contributed by atoms with Gasteiger partial charge in [0.15, 0.2) is 11.5 Å². The second kappa shape index (κ2) is 5.83. The molecule has 0 spiro atoms. The van der Waals surface area contributed by atoms with Gasteiger partial charge in [-0.2, -0.15) is 0 Å². The van der Waals surface area contributed by atoms with E-state index in [2.05, 4.69) is 23.5 Å². The molecule has 1 saturated heterocycles. The Morgan fingerprint density at radius 2 is 1.89 bits per heavy atom. The van der Waals surface area contributed by atoms with Gasteiger partial charge in [-0.15, -0.1) is 0 Å². The van der Waals surface area contributed by atoms with Crippen molar-refractivity contribution in [3.63, 3.8) is 0 Å². The van der Waals surface area contributed by atoms with Gasteiger partial charge in [-0.1, -0.05) is 6.07 Å². The molecule has 1 aliphatic carbocycles. The fourth-order valence-electron chi connectivity index (χ4n) is 2.72. The van der Waals surface area contributed by atoms with E-state index in [9.17, 15) is 0 Å². The molecular formula is C16H23NO2. The first-order chi connectivity index (χ1) is 9.35. The van der Waals surface area contributed by atoms with Crippen molar-refractivity contribution in [3.8, 4) is 11.5 Å². The van der Waals surface area contributed by atoms with E-state index in [-0.39, 0.29) is 0 Å². The molecule has 1 heterocycles. The van der Waals surface area contributed by atoms with Gasteiger partial charge in [-0.05, 0) is 68.8 Å². The van der Waals surface area contributed by atoms with Crippen LogP contribution >= 0.6 is 0 Å². The minimum atomic E-state index is 0.421. The summed E-state index contributed by atoms with van der Waals surface area (Å²) in [5, 5.41) is 3.42. The molecule has 1 N–H and O–H groups in total. The second-order valence-corrected chi connectivity index (χ2v) is 5.70. The maximum atomic E-state index is 5.86. The molecule has 2 aliphatic rings. The molecule has 1 saturated carbocycles. The summed E-state index contributed by atoms with van der Waals surface area (Å²) in [5.41, 5.74) is 1.37. The molecule has 1 aliphatic heterocycles. The Morgan fingerprint density at radius 1 is 1.11 bits per heavy atom. The van der Waals surface area contributed by atoms with Crippen molar-refractivity contribution in [1.82, 2.24) is 5.32 Å². The van der Waals surface area contributed by atoms with Crippen LogP contribution in [0.4, 0.5) is 0 Å². The van der Waals surface area contributed by atoms with E-state index in [4.69, 9.17) is 9.47 Å². The van der Waals surface area contributed by atoms with Gasteiger partial charge in [0.2, 0.25) is 0 Å². The van der Waals surface area contributed by atoms with Crippen molar-refractivity contribution in [2.24, 2.45) is 5.92 Å². The fraction of sp³-hybridized carbons (Fsp3) is 0.625. The maximum Gasteiger partial charge on any atom is 0.161 e. The van der Waals surface area contributed by atoms with Gasteiger partial charge in [0.05, 0.1) is 13.2 Å². The Balaban J connectivity index is 1.67. The van der Waals surface area contributed by atoms with Gasteiger partial charge in [0.25, 0.3) is 0 Å². The molecule has 0 atom stereocenters. The molecule has 0 bridgehead atoms. The largest absolute Gasteiger partial charge is 0.493 e. The summed E-state index contributed by atoms with van der Waals surface area (Å²) >= 11 is 0. The number of hydrogen-bond acceptors (Lipinski definition) is 3. The summed E-state index contributed by atoms with van der Waals surface area (Å²) in [6, 6.07) is 6.43. The van der Waals surface area contributed by atoms with Gasteiger partial charge in [0.1, 0.15) is 0 Å². The third-order valence-electron chi connectivity index (χ3n) is 4.03. The summed E-state index contributed by atoms with van der Waals surface area (Å²) in [5.74, 6) is 2.60. The van der Waals surface area contributed by atoms with Gasteiger partial charge in [-0.25, -0.2) is 0 Å². The van der Waals surface area contributed by atoms with Crippen LogP contribution in [-0.2, 0) is 6.42 Å². The number of hydrogen-bond donors (Lipinski definition) is 1. The highest BCUT2D eigenvalue weighted by Gasteiger charge is 2.25. The molecule has 2 fully saturated rings. The molecule has 104 valence electrons. The molecule has 1 aromatic rings. The predicted octanol–water partition coefficient (Wildman–Crippen LogP) is 2.78. The summed E-state index contributed by atoms with van der Waals surface area (Å²) in [4.78, 5) is 0. The summed E-state index contributed by atoms with van der Waals surface area (Å²) in [7, 11) is 1.73. The van der Waals surface area contributed by atoms with Crippen LogP contribution in [0.15, 0.2) is 18.2 Å². The van der Waals surface area contributed by atoms with Crippen molar-refractivity contribution in [3.05, 3.63) is 23.8 Å². The minimum Gasteiger partial charge on any atom is -0.493 e. The van der Waals surface area contributed by atoms with E-state index in [1.807, 2.05) is 0 Å². The lowest BCUT2D eigenvalue weighted by molar-refractivity contribution is 0.281. The van der Waals surface area contributed by atoms with E-state index in [0.717, 1.165) is 36.9 Å². The van der Waals surface area contributed by atoms with Crippen LogP contribution in [0.3, 0.4) is 0 Å². The van der Waals surface area contributed by atoms with E-state index in [0.29, 0.717) is 6.10 Å². The lowest BCUT2D eigenvalue weighted by atomic mass is 9.91. The smallest absolute Gasteiger partial charge is 0.161 e. The van der Waals surface area contributed by atoms with Gasteiger partial charge >= 0.3 is 0 Å². The van der Waals surface area contributed by atoms with Gasteiger partial charge < -0.3 is 14.8 Å². The summed E-state index contributed by atoms with van der Waals surface area (Å²) < 4.78 is 11.3. The molecular weight excluding hydrogens is 238 g/mol. The van der Waals surface area contributed by atoms with Crippen molar-refractivity contribution in [2.45, 2.75) is 38.2 Å². The normalized spacial score (nSPS) is 20.3. The van der Waals surface area contributed by atoms with Crippen LogP contribution in [0.25, 0.3) is 0 Å². The van der Waals surface area contributed by atoms with Crippen LogP contribution in [-0.4, -0.2) is 26.3 Å². The number of benzene rings is 1. The molecule has 3 nitrogen and oxygen atoms in total.